The number of anilines is 1. The Labute approximate surface area is 149 Å². The molecule has 1 N–H and O–H groups in total. The van der Waals surface area contributed by atoms with Crippen LogP contribution in [-0.4, -0.2) is 18.8 Å². The zero-order chi connectivity index (χ0) is 16.5. The van der Waals surface area contributed by atoms with E-state index in [1.54, 1.807) is 12.1 Å². The number of ether oxygens (including phenoxy) is 2. The van der Waals surface area contributed by atoms with E-state index in [9.17, 15) is 4.39 Å². The zero-order valence-corrected chi connectivity index (χ0v) is 14.8. The van der Waals surface area contributed by atoms with E-state index < -0.39 is 0 Å². The van der Waals surface area contributed by atoms with E-state index in [-0.39, 0.29) is 5.82 Å². The van der Waals surface area contributed by atoms with Gasteiger partial charge in [0.15, 0.2) is 0 Å². The summed E-state index contributed by atoms with van der Waals surface area (Å²) >= 11 is 3.53. The van der Waals surface area contributed by atoms with Crippen molar-refractivity contribution in [3.63, 3.8) is 0 Å². The molecule has 2 aromatic rings. The van der Waals surface area contributed by atoms with E-state index in [1.165, 1.54) is 31.4 Å². The van der Waals surface area contributed by atoms with Gasteiger partial charge in [0.25, 0.3) is 0 Å². The van der Waals surface area contributed by atoms with Crippen molar-refractivity contribution < 1.29 is 13.9 Å². The quantitative estimate of drug-likeness (QED) is 0.743. The Morgan fingerprint density at radius 1 is 1.21 bits per heavy atom. The van der Waals surface area contributed by atoms with Gasteiger partial charge >= 0.3 is 0 Å². The van der Waals surface area contributed by atoms with E-state index >= 15 is 0 Å². The first-order valence-electron chi connectivity index (χ1n) is 8.30. The molecule has 24 heavy (non-hydrogen) atoms. The summed E-state index contributed by atoms with van der Waals surface area (Å²) in [6.07, 6.45) is 4.50. The Bertz CT molecular complexity index is 739. The van der Waals surface area contributed by atoms with Gasteiger partial charge in [0.2, 0.25) is 0 Å². The third-order valence-electron chi connectivity index (χ3n) is 4.76. The van der Waals surface area contributed by atoms with Gasteiger partial charge in [0, 0.05) is 24.2 Å². The molecule has 2 fully saturated rings. The summed E-state index contributed by atoms with van der Waals surface area (Å²) in [4.78, 5) is 0. The van der Waals surface area contributed by atoms with Gasteiger partial charge < -0.3 is 14.8 Å². The Hall–Kier alpha value is -1.59. The summed E-state index contributed by atoms with van der Waals surface area (Å²) in [5.41, 5.74) is 1.04. The molecule has 0 radical (unpaired) electrons. The van der Waals surface area contributed by atoms with Crippen molar-refractivity contribution in [3.05, 3.63) is 52.8 Å². The normalized spacial score (nSPS) is 25.0. The second-order valence-electron chi connectivity index (χ2n) is 6.46. The van der Waals surface area contributed by atoms with Crippen LogP contribution in [0.15, 0.2) is 46.9 Å². The second-order valence-corrected chi connectivity index (χ2v) is 7.31. The number of benzene rings is 2. The Morgan fingerprint density at radius 3 is 2.83 bits per heavy atom. The fraction of sp³-hybridized carbons (Fsp3) is 0.368. The summed E-state index contributed by atoms with van der Waals surface area (Å²) in [6.45, 7) is 0.928. The molecule has 2 aliphatic heterocycles. The summed E-state index contributed by atoms with van der Waals surface area (Å²) in [5.74, 6) is 1.44. The molecule has 126 valence electrons. The lowest BCUT2D eigenvalue weighted by molar-refractivity contribution is 0.0941. The van der Waals surface area contributed by atoms with Crippen LogP contribution in [0, 0.1) is 11.7 Å². The lowest BCUT2D eigenvalue weighted by Crippen LogP contribution is -2.24. The van der Waals surface area contributed by atoms with Crippen molar-refractivity contribution in [3.8, 4) is 11.5 Å². The van der Waals surface area contributed by atoms with Gasteiger partial charge in [-0.25, -0.2) is 4.39 Å². The molecular weight excluding hydrogens is 373 g/mol. The average Bonchev–Trinajstić information content (AvgIpc) is 3.18. The molecule has 2 bridgehead atoms. The molecule has 0 aromatic heterocycles. The van der Waals surface area contributed by atoms with Crippen LogP contribution in [0.5, 0.6) is 11.5 Å². The maximum atomic E-state index is 13.2. The van der Waals surface area contributed by atoms with Crippen molar-refractivity contribution in [2.24, 2.45) is 5.92 Å². The first-order chi connectivity index (χ1) is 11.7. The maximum absolute atomic E-state index is 13.2. The fourth-order valence-electron chi connectivity index (χ4n) is 3.56. The predicted molar refractivity (Wildman–Crippen MR) is 95.1 cm³/mol. The van der Waals surface area contributed by atoms with Gasteiger partial charge in [0.05, 0.1) is 16.7 Å². The minimum Gasteiger partial charge on any atom is -0.456 e. The minimum atomic E-state index is -0.310. The van der Waals surface area contributed by atoms with Crippen molar-refractivity contribution in [1.29, 1.82) is 0 Å². The molecular formula is C19H19BrFNO2. The number of nitrogens with one attached hydrogen (secondary N) is 1. The highest BCUT2D eigenvalue weighted by molar-refractivity contribution is 9.10. The van der Waals surface area contributed by atoms with Gasteiger partial charge in [-0.15, -0.1) is 0 Å². The van der Waals surface area contributed by atoms with Crippen molar-refractivity contribution in [2.45, 2.75) is 31.5 Å². The monoisotopic (exact) mass is 391 g/mol. The third-order valence-corrected chi connectivity index (χ3v) is 5.38. The molecule has 0 amide bonds. The molecule has 0 aliphatic carbocycles. The molecule has 4 rings (SSSR count). The smallest absolute Gasteiger partial charge is 0.141 e. The molecule has 0 spiro atoms. The molecule has 3 nitrogen and oxygen atoms in total. The zero-order valence-electron chi connectivity index (χ0n) is 13.2. The number of hydrogen-bond acceptors (Lipinski definition) is 3. The van der Waals surface area contributed by atoms with Crippen LogP contribution in [-0.2, 0) is 4.74 Å². The largest absolute Gasteiger partial charge is 0.456 e. The van der Waals surface area contributed by atoms with Crippen LogP contribution < -0.4 is 10.1 Å². The Kier molecular flexibility index (Phi) is 4.46. The van der Waals surface area contributed by atoms with Crippen molar-refractivity contribution in [2.75, 3.05) is 11.9 Å². The van der Waals surface area contributed by atoms with E-state index in [4.69, 9.17) is 9.47 Å². The SMILES string of the molecule is Fc1cccc(Oc2ccc(NCC3CC4CCC3O4)cc2Br)c1. The highest BCUT2D eigenvalue weighted by Gasteiger charge is 2.40. The van der Waals surface area contributed by atoms with Gasteiger partial charge in [-0.3, -0.25) is 0 Å². The minimum absolute atomic E-state index is 0.310. The molecule has 3 atom stereocenters. The van der Waals surface area contributed by atoms with E-state index in [0.29, 0.717) is 29.6 Å². The highest BCUT2D eigenvalue weighted by atomic mass is 79.9. The summed E-state index contributed by atoms with van der Waals surface area (Å²) in [5, 5.41) is 3.49. The van der Waals surface area contributed by atoms with E-state index in [0.717, 1.165) is 16.7 Å². The number of halogens is 2. The van der Waals surface area contributed by atoms with E-state index in [1.807, 2.05) is 18.2 Å². The summed E-state index contributed by atoms with van der Waals surface area (Å²) in [7, 11) is 0. The van der Waals surface area contributed by atoms with Crippen molar-refractivity contribution in [1.82, 2.24) is 0 Å². The van der Waals surface area contributed by atoms with Gasteiger partial charge in [-0.2, -0.15) is 0 Å². The fourth-order valence-corrected chi connectivity index (χ4v) is 4.02. The Balaban J connectivity index is 1.38. The standard InChI is InChI=1S/C19H19BrFNO2/c20-17-10-14(22-11-12-8-16-5-7-18(12)23-16)4-6-19(17)24-15-3-1-2-13(21)9-15/h1-4,6,9-10,12,16,18,22H,5,7-8,11H2. The maximum Gasteiger partial charge on any atom is 0.141 e. The number of rotatable bonds is 5. The number of fused-ring (bicyclic) bond motifs is 2. The average molecular weight is 392 g/mol. The molecule has 0 saturated carbocycles. The van der Waals surface area contributed by atoms with E-state index in [2.05, 4.69) is 21.2 Å². The van der Waals surface area contributed by atoms with Crippen molar-refractivity contribution >= 4 is 21.6 Å². The molecule has 3 unspecified atom stereocenters. The molecule has 5 heteroatoms. The van der Waals surface area contributed by atoms with Gasteiger partial charge in [-0.05, 0) is 65.5 Å². The number of hydrogen-bond donors (Lipinski definition) is 1. The van der Waals surface area contributed by atoms with Crippen LogP contribution >= 0.6 is 15.9 Å². The first kappa shape index (κ1) is 15.9. The lowest BCUT2D eigenvalue weighted by atomic mass is 9.89. The van der Waals surface area contributed by atoms with Gasteiger partial charge in [0.1, 0.15) is 17.3 Å². The first-order valence-corrected chi connectivity index (χ1v) is 9.09. The molecule has 2 saturated heterocycles. The summed E-state index contributed by atoms with van der Waals surface area (Å²) < 4.78 is 25.7. The lowest BCUT2D eigenvalue weighted by Gasteiger charge is -2.20. The highest BCUT2D eigenvalue weighted by Crippen LogP contribution is 2.39. The Morgan fingerprint density at radius 2 is 2.12 bits per heavy atom. The topological polar surface area (TPSA) is 30.5 Å². The van der Waals surface area contributed by atoms with Crippen LogP contribution in [0.1, 0.15) is 19.3 Å². The second kappa shape index (κ2) is 6.73. The summed E-state index contributed by atoms with van der Waals surface area (Å²) in [6, 6.07) is 12.0. The molecule has 2 aliphatic rings. The molecule has 2 aromatic carbocycles. The van der Waals surface area contributed by atoms with Crippen LogP contribution in [0.4, 0.5) is 10.1 Å². The van der Waals surface area contributed by atoms with Crippen LogP contribution in [0.2, 0.25) is 0 Å². The van der Waals surface area contributed by atoms with Gasteiger partial charge in [-0.1, -0.05) is 6.07 Å². The predicted octanol–water partition coefficient (Wildman–Crippen LogP) is 5.36. The van der Waals surface area contributed by atoms with Crippen LogP contribution in [0.3, 0.4) is 0 Å². The van der Waals surface area contributed by atoms with Crippen LogP contribution in [0.25, 0.3) is 0 Å². The molecule has 2 heterocycles. The third kappa shape index (κ3) is 3.42.